The summed E-state index contributed by atoms with van der Waals surface area (Å²) in [6, 6.07) is 8.57. The first-order valence-corrected chi connectivity index (χ1v) is 10.0. The molecule has 7 nitrogen and oxygen atoms in total. The number of fused-ring (bicyclic) bond motifs is 3. The molecule has 0 fully saturated rings. The number of carbonyl (C=O) groups excluding carboxylic acids is 1. The van der Waals surface area contributed by atoms with Gasteiger partial charge in [-0.1, -0.05) is 13.0 Å². The molecule has 1 N–H and O–H groups in total. The van der Waals surface area contributed by atoms with E-state index >= 15 is 0 Å². The van der Waals surface area contributed by atoms with E-state index in [1.807, 2.05) is 38.1 Å². The Hall–Kier alpha value is -3.26. The Labute approximate surface area is 171 Å². The minimum atomic E-state index is -0.692. The molecular weight excluding hydrogens is 388 g/mol. The average molecular weight is 408 g/mol. The number of ether oxygens (including phenoxy) is 1. The molecule has 1 atom stereocenters. The minimum Gasteiger partial charge on any atom is -0.495 e. The van der Waals surface area contributed by atoms with Crippen LogP contribution in [-0.2, 0) is 4.79 Å². The molecular formula is C21H20N4O3S. The first kappa shape index (κ1) is 19.1. The number of rotatable bonds is 5. The van der Waals surface area contributed by atoms with E-state index in [9.17, 15) is 9.59 Å². The van der Waals surface area contributed by atoms with Crippen LogP contribution in [0.2, 0.25) is 0 Å². The zero-order chi connectivity index (χ0) is 20.5. The lowest BCUT2D eigenvalue weighted by Gasteiger charge is -2.18. The zero-order valence-electron chi connectivity index (χ0n) is 16.3. The maximum Gasteiger partial charge on any atom is 0.272 e. The molecule has 0 saturated heterocycles. The standard InChI is InChI=1S/C21H20N4O3S/c1-4-15(19(26)24-14-10-12(2)7-8-16(14)28-3)25-11-23-17-13-6-5-9-22-20(13)29-18(17)21(25)27/h5-11,15H,4H2,1-3H3,(H,24,26)/t15-/m0/s1. The fourth-order valence-electron chi connectivity index (χ4n) is 3.35. The topological polar surface area (TPSA) is 86.1 Å². The van der Waals surface area contributed by atoms with E-state index in [2.05, 4.69) is 15.3 Å². The monoisotopic (exact) mass is 408 g/mol. The number of anilines is 1. The predicted octanol–water partition coefficient (Wildman–Crippen LogP) is 3.91. The summed E-state index contributed by atoms with van der Waals surface area (Å²) in [6.07, 6.45) is 3.58. The molecule has 1 amide bonds. The molecule has 0 aliphatic heterocycles. The van der Waals surface area contributed by atoms with Gasteiger partial charge in [0.15, 0.2) is 0 Å². The number of aryl methyl sites for hydroxylation is 1. The van der Waals surface area contributed by atoms with Gasteiger partial charge in [0, 0.05) is 11.6 Å². The maximum absolute atomic E-state index is 13.1. The second-order valence-corrected chi connectivity index (χ2v) is 7.71. The Morgan fingerprint density at radius 3 is 2.90 bits per heavy atom. The summed E-state index contributed by atoms with van der Waals surface area (Å²) in [4.78, 5) is 35.7. The van der Waals surface area contributed by atoms with E-state index in [1.165, 1.54) is 22.2 Å². The van der Waals surface area contributed by atoms with Gasteiger partial charge in [-0.25, -0.2) is 9.97 Å². The quantitative estimate of drug-likeness (QED) is 0.541. The third kappa shape index (κ3) is 3.36. The van der Waals surface area contributed by atoms with Gasteiger partial charge < -0.3 is 10.1 Å². The summed E-state index contributed by atoms with van der Waals surface area (Å²) in [6.45, 7) is 3.80. The fraction of sp³-hybridized carbons (Fsp3) is 0.238. The molecule has 0 saturated carbocycles. The second kappa shape index (κ2) is 7.63. The van der Waals surface area contributed by atoms with E-state index < -0.39 is 6.04 Å². The lowest BCUT2D eigenvalue weighted by Crippen LogP contribution is -2.33. The highest BCUT2D eigenvalue weighted by atomic mass is 32.1. The van der Waals surface area contributed by atoms with Crippen LogP contribution in [0.1, 0.15) is 24.9 Å². The Morgan fingerprint density at radius 1 is 1.31 bits per heavy atom. The lowest BCUT2D eigenvalue weighted by molar-refractivity contribution is -0.119. The van der Waals surface area contributed by atoms with Gasteiger partial charge in [-0.05, 0) is 43.2 Å². The Bertz CT molecular complexity index is 1280. The summed E-state index contributed by atoms with van der Waals surface area (Å²) in [5, 5.41) is 3.74. The SMILES string of the molecule is CC[C@@H](C(=O)Nc1cc(C)ccc1OC)n1cnc2c(sc3ncccc32)c1=O. The van der Waals surface area contributed by atoms with Gasteiger partial charge in [-0.3, -0.25) is 14.2 Å². The van der Waals surface area contributed by atoms with Gasteiger partial charge in [-0.2, -0.15) is 0 Å². The number of amides is 1. The molecule has 29 heavy (non-hydrogen) atoms. The van der Waals surface area contributed by atoms with Crippen molar-refractivity contribution in [1.29, 1.82) is 0 Å². The van der Waals surface area contributed by atoms with Crippen molar-refractivity contribution in [1.82, 2.24) is 14.5 Å². The van der Waals surface area contributed by atoms with Crippen LogP contribution in [0.3, 0.4) is 0 Å². The summed E-state index contributed by atoms with van der Waals surface area (Å²) < 4.78 is 7.23. The lowest BCUT2D eigenvalue weighted by atomic mass is 10.1. The van der Waals surface area contributed by atoms with Crippen molar-refractivity contribution in [2.75, 3.05) is 12.4 Å². The van der Waals surface area contributed by atoms with Crippen LogP contribution in [0.25, 0.3) is 20.4 Å². The normalized spacial score (nSPS) is 12.2. The van der Waals surface area contributed by atoms with E-state index in [4.69, 9.17) is 4.74 Å². The molecule has 0 radical (unpaired) electrons. The van der Waals surface area contributed by atoms with Crippen LogP contribution in [-0.4, -0.2) is 27.6 Å². The smallest absolute Gasteiger partial charge is 0.272 e. The van der Waals surface area contributed by atoms with Crippen LogP contribution >= 0.6 is 11.3 Å². The Kier molecular flexibility index (Phi) is 5.02. The Balaban J connectivity index is 1.74. The number of benzene rings is 1. The average Bonchev–Trinajstić information content (AvgIpc) is 3.10. The molecule has 148 valence electrons. The first-order chi connectivity index (χ1) is 14.0. The molecule has 1 aromatic carbocycles. The number of carbonyl (C=O) groups is 1. The highest BCUT2D eigenvalue weighted by molar-refractivity contribution is 7.25. The molecule has 0 spiro atoms. The molecule has 0 bridgehead atoms. The molecule has 0 aliphatic rings. The van der Waals surface area contributed by atoms with Crippen molar-refractivity contribution < 1.29 is 9.53 Å². The molecule has 0 unspecified atom stereocenters. The molecule has 4 rings (SSSR count). The number of thiophene rings is 1. The van der Waals surface area contributed by atoms with Gasteiger partial charge in [0.05, 0.1) is 24.6 Å². The van der Waals surface area contributed by atoms with Gasteiger partial charge in [0.2, 0.25) is 5.91 Å². The molecule has 3 heterocycles. The number of pyridine rings is 1. The summed E-state index contributed by atoms with van der Waals surface area (Å²) in [5.74, 6) is 0.272. The van der Waals surface area contributed by atoms with Gasteiger partial charge >= 0.3 is 0 Å². The predicted molar refractivity (Wildman–Crippen MR) is 115 cm³/mol. The molecule has 0 aliphatic carbocycles. The number of nitrogens with one attached hydrogen (secondary N) is 1. The van der Waals surface area contributed by atoms with Crippen molar-refractivity contribution in [2.24, 2.45) is 0 Å². The fourth-order valence-corrected chi connectivity index (χ4v) is 4.38. The highest BCUT2D eigenvalue weighted by Gasteiger charge is 2.23. The zero-order valence-corrected chi connectivity index (χ0v) is 17.1. The third-order valence-corrected chi connectivity index (χ3v) is 5.91. The van der Waals surface area contributed by atoms with Crippen molar-refractivity contribution in [3.8, 4) is 5.75 Å². The van der Waals surface area contributed by atoms with E-state index in [-0.39, 0.29) is 11.5 Å². The van der Waals surface area contributed by atoms with E-state index in [0.29, 0.717) is 28.1 Å². The van der Waals surface area contributed by atoms with Crippen LogP contribution in [0, 0.1) is 6.92 Å². The van der Waals surface area contributed by atoms with Crippen molar-refractivity contribution in [3.05, 3.63) is 58.8 Å². The number of nitrogens with zero attached hydrogens (tertiary/aromatic N) is 3. The second-order valence-electron chi connectivity index (χ2n) is 6.71. The summed E-state index contributed by atoms with van der Waals surface area (Å²) in [5.41, 5.74) is 1.95. The number of hydrogen-bond acceptors (Lipinski definition) is 6. The minimum absolute atomic E-state index is 0.240. The molecule has 8 heteroatoms. The first-order valence-electron chi connectivity index (χ1n) is 9.23. The van der Waals surface area contributed by atoms with Crippen LogP contribution in [0.15, 0.2) is 47.7 Å². The van der Waals surface area contributed by atoms with Gasteiger partial charge in [-0.15, -0.1) is 11.3 Å². The van der Waals surface area contributed by atoms with Crippen molar-refractivity contribution in [3.63, 3.8) is 0 Å². The van der Waals surface area contributed by atoms with E-state index in [0.717, 1.165) is 15.8 Å². The largest absolute Gasteiger partial charge is 0.495 e. The molecule has 3 aromatic heterocycles. The van der Waals surface area contributed by atoms with Gasteiger partial charge in [0.1, 0.15) is 21.3 Å². The van der Waals surface area contributed by atoms with Crippen LogP contribution < -0.4 is 15.6 Å². The van der Waals surface area contributed by atoms with E-state index in [1.54, 1.807) is 19.4 Å². The summed E-state index contributed by atoms with van der Waals surface area (Å²) >= 11 is 1.30. The van der Waals surface area contributed by atoms with Crippen molar-refractivity contribution in [2.45, 2.75) is 26.3 Å². The van der Waals surface area contributed by atoms with Crippen LogP contribution in [0.4, 0.5) is 5.69 Å². The van der Waals surface area contributed by atoms with Crippen LogP contribution in [0.5, 0.6) is 5.75 Å². The van der Waals surface area contributed by atoms with Crippen molar-refractivity contribution >= 4 is 43.4 Å². The number of hydrogen-bond donors (Lipinski definition) is 1. The number of aromatic nitrogens is 3. The summed E-state index contributed by atoms with van der Waals surface area (Å²) in [7, 11) is 1.55. The number of methoxy groups -OCH3 is 1. The third-order valence-electron chi connectivity index (χ3n) is 4.82. The van der Waals surface area contributed by atoms with Gasteiger partial charge in [0.25, 0.3) is 5.56 Å². The Morgan fingerprint density at radius 2 is 2.14 bits per heavy atom. The maximum atomic E-state index is 13.1. The molecule has 4 aromatic rings. The highest BCUT2D eigenvalue weighted by Crippen LogP contribution is 2.29.